The molecule has 3 N–H and O–H groups in total. The molecule has 2 amide bonds. The highest BCUT2D eigenvalue weighted by molar-refractivity contribution is 5.89. The normalized spacial score (nSPS) is 17.0. The smallest absolute Gasteiger partial charge is 0.407 e. The van der Waals surface area contributed by atoms with Gasteiger partial charge in [-0.25, -0.2) is 4.79 Å². The number of alkyl carbamates (subject to hydrolysis) is 1. The largest absolute Gasteiger partial charge is 0.444 e. The van der Waals surface area contributed by atoms with Gasteiger partial charge in [0.15, 0.2) is 0 Å². The van der Waals surface area contributed by atoms with Gasteiger partial charge in [-0.3, -0.25) is 4.79 Å². The Morgan fingerprint density at radius 2 is 2.07 bits per heavy atom. The first-order valence-electron chi connectivity index (χ1n) is 9.50. The summed E-state index contributed by atoms with van der Waals surface area (Å²) >= 11 is 0. The van der Waals surface area contributed by atoms with Crippen molar-refractivity contribution in [2.45, 2.75) is 58.6 Å². The summed E-state index contributed by atoms with van der Waals surface area (Å²) in [5.41, 5.74) is 2.77. The van der Waals surface area contributed by atoms with Crippen molar-refractivity contribution in [2.24, 2.45) is 0 Å². The van der Waals surface area contributed by atoms with Crippen LogP contribution in [-0.2, 0) is 9.53 Å². The van der Waals surface area contributed by atoms with Crippen LogP contribution in [0.1, 0.15) is 52.5 Å². The summed E-state index contributed by atoms with van der Waals surface area (Å²) in [6, 6.07) is 8.31. The van der Waals surface area contributed by atoms with Crippen molar-refractivity contribution in [1.29, 1.82) is 0 Å². The van der Waals surface area contributed by atoms with Gasteiger partial charge >= 0.3 is 6.09 Å². The zero-order chi connectivity index (χ0) is 19.9. The Morgan fingerprint density at radius 1 is 1.30 bits per heavy atom. The summed E-state index contributed by atoms with van der Waals surface area (Å²) in [4.78, 5) is 22.9. The molecule has 0 aliphatic carbocycles. The molecule has 0 bridgehead atoms. The quantitative estimate of drug-likeness (QED) is 0.665. The standard InChI is InChI=1S/C21H31N3O3/c1-15(25)24-19-8-5-7-16(14-19)17-10-12-22-18(13-17)9-6-11-23-20(26)27-21(2,3)4/h5,7-8,10,14,18,22H,6,9,11-13H2,1-4H3,(H,23,26)(H,24,25). The van der Waals surface area contributed by atoms with E-state index in [1.165, 1.54) is 12.5 Å². The van der Waals surface area contributed by atoms with Gasteiger partial charge in [-0.1, -0.05) is 18.2 Å². The minimum Gasteiger partial charge on any atom is -0.444 e. The van der Waals surface area contributed by atoms with Crippen LogP contribution < -0.4 is 16.0 Å². The van der Waals surface area contributed by atoms with Crippen LogP contribution in [0.5, 0.6) is 0 Å². The van der Waals surface area contributed by atoms with Crippen molar-refractivity contribution in [2.75, 3.05) is 18.4 Å². The molecule has 1 unspecified atom stereocenters. The van der Waals surface area contributed by atoms with Crippen LogP contribution in [0.25, 0.3) is 5.57 Å². The van der Waals surface area contributed by atoms with Crippen LogP contribution in [-0.4, -0.2) is 36.7 Å². The predicted molar refractivity (Wildman–Crippen MR) is 109 cm³/mol. The van der Waals surface area contributed by atoms with Gasteiger partial charge in [0.25, 0.3) is 0 Å². The Kier molecular flexibility index (Phi) is 7.42. The van der Waals surface area contributed by atoms with Gasteiger partial charge < -0.3 is 20.7 Å². The van der Waals surface area contributed by atoms with E-state index in [-0.39, 0.29) is 12.0 Å². The van der Waals surface area contributed by atoms with Crippen molar-refractivity contribution in [3.8, 4) is 0 Å². The van der Waals surface area contributed by atoms with Crippen LogP contribution >= 0.6 is 0 Å². The van der Waals surface area contributed by atoms with Gasteiger partial charge in [-0.15, -0.1) is 0 Å². The molecule has 0 saturated carbocycles. The first-order chi connectivity index (χ1) is 12.7. The topological polar surface area (TPSA) is 79.5 Å². The van der Waals surface area contributed by atoms with Crippen molar-refractivity contribution in [3.05, 3.63) is 35.9 Å². The lowest BCUT2D eigenvalue weighted by Crippen LogP contribution is -2.35. The first-order valence-corrected chi connectivity index (χ1v) is 9.50. The van der Waals surface area contributed by atoms with Crippen molar-refractivity contribution < 1.29 is 14.3 Å². The second kappa shape index (κ2) is 9.55. The number of benzene rings is 1. The molecule has 1 atom stereocenters. The van der Waals surface area contributed by atoms with Crippen molar-refractivity contribution in [1.82, 2.24) is 10.6 Å². The highest BCUT2D eigenvalue weighted by Crippen LogP contribution is 2.26. The lowest BCUT2D eigenvalue weighted by molar-refractivity contribution is -0.114. The van der Waals surface area contributed by atoms with E-state index >= 15 is 0 Å². The molecule has 1 aromatic rings. The Balaban J connectivity index is 1.80. The van der Waals surface area contributed by atoms with Crippen LogP contribution in [0.15, 0.2) is 30.3 Å². The summed E-state index contributed by atoms with van der Waals surface area (Å²) < 4.78 is 5.24. The minimum absolute atomic E-state index is 0.0678. The fourth-order valence-corrected chi connectivity index (χ4v) is 3.06. The van der Waals surface area contributed by atoms with Gasteiger partial charge in [-0.05, 0) is 63.3 Å². The molecule has 148 valence electrons. The molecule has 6 heteroatoms. The Labute approximate surface area is 161 Å². The molecule has 0 spiro atoms. The predicted octanol–water partition coefficient (Wildman–Crippen LogP) is 3.70. The number of rotatable bonds is 6. The zero-order valence-corrected chi connectivity index (χ0v) is 16.7. The summed E-state index contributed by atoms with van der Waals surface area (Å²) in [7, 11) is 0. The average Bonchev–Trinajstić information content (AvgIpc) is 2.57. The molecule has 6 nitrogen and oxygen atoms in total. The Morgan fingerprint density at radius 3 is 2.78 bits per heavy atom. The fourth-order valence-electron chi connectivity index (χ4n) is 3.06. The number of hydrogen-bond acceptors (Lipinski definition) is 4. The number of amides is 2. The SMILES string of the molecule is CC(=O)Nc1cccc(C2=CCNC(CCCNC(=O)OC(C)(C)C)C2)c1. The van der Waals surface area contributed by atoms with Gasteiger partial charge in [-0.2, -0.15) is 0 Å². The lowest BCUT2D eigenvalue weighted by atomic mass is 9.93. The third kappa shape index (κ3) is 7.83. The summed E-state index contributed by atoms with van der Waals surface area (Å²) in [5, 5.41) is 9.14. The number of hydrogen-bond donors (Lipinski definition) is 3. The summed E-state index contributed by atoms with van der Waals surface area (Å²) in [5.74, 6) is -0.0678. The van der Waals surface area contributed by atoms with Crippen molar-refractivity contribution >= 4 is 23.3 Å². The maximum atomic E-state index is 11.7. The number of ether oxygens (including phenoxy) is 1. The fraction of sp³-hybridized carbons (Fsp3) is 0.524. The highest BCUT2D eigenvalue weighted by atomic mass is 16.6. The molecule has 0 fully saturated rings. The molecular formula is C21H31N3O3. The first kappa shape index (κ1) is 21.0. The zero-order valence-electron chi connectivity index (χ0n) is 16.7. The van der Waals surface area contributed by atoms with Gasteiger partial charge in [0.2, 0.25) is 5.91 Å². The van der Waals surface area contributed by atoms with E-state index in [0.29, 0.717) is 12.6 Å². The molecule has 0 saturated heterocycles. The monoisotopic (exact) mass is 373 g/mol. The van der Waals surface area contributed by atoms with Crippen LogP contribution in [0, 0.1) is 0 Å². The van der Waals surface area contributed by atoms with Gasteiger partial charge in [0.1, 0.15) is 5.60 Å². The minimum atomic E-state index is -0.472. The van der Waals surface area contributed by atoms with E-state index in [1.54, 1.807) is 0 Å². The third-order valence-electron chi connectivity index (χ3n) is 4.17. The van der Waals surface area contributed by atoms with Crippen LogP contribution in [0.4, 0.5) is 10.5 Å². The van der Waals surface area contributed by atoms with E-state index in [4.69, 9.17) is 4.74 Å². The highest BCUT2D eigenvalue weighted by Gasteiger charge is 2.18. The van der Waals surface area contributed by atoms with Gasteiger partial charge in [0, 0.05) is 31.7 Å². The summed E-state index contributed by atoms with van der Waals surface area (Å²) in [6.45, 7) is 8.50. The third-order valence-corrected chi connectivity index (χ3v) is 4.17. The van der Waals surface area contributed by atoms with Crippen molar-refractivity contribution in [3.63, 3.8) is 0 Å². The number of nitrogens with one attached hydrogen (secondary N) is 3. The maximum Gasteiger partial charge on any atom is 0.407 e. The Hall–Kier alpha value is -2.34. The molecule has 2 rings (SSSR count). The van der Waals surface area contributed by atoms with E-state index in [9.17, 15) is 9.59 Å². The van der Waals surface area contributed by atoms with E-state index in [1.807, 2.05) is 39.0 Å². The summed E-state index contributed by atoms with van der Waals surface area (Å²) in [6.07, 6.45) is 4.61. The molecule has 1 heterocycles. The van der Waals surface area contributed by atoms with E-state index in [0.717, 1.165) is 37.1 Å². The van der Waals surface area contributed by atoms with Gasteiger partial charge in [0.05, 0.1) is 0 Å². The number of carbonyl (C=O) groups is 2. The van der Waals surface area contributed by atoms with Crippen LogP contribution in [0.3, 0.4) is 0 Å². The molecule has 1 aromatic carbocycles. The van der Waals surface area contributed by atoms with E-state index in [2.05, 4.69) is 28.1 Å². The number of carbonyl (C=O) groups excluding carboxylic acids is 2. The Bertz CT molecular complexity index is 692. The van der Waals surface area contributed by atoms with Crippen LogP contribution in [0.2, 0.25) is 0 Å². The molecule has 0 radical (unpaired) electrons. The maximum absolute atomic E-state index is 11.7. The second-order valence-electron chi connectivity index (χ2n) is 7.87. The number of anilines is 1. The average molecular weight is 373 g/mol. The molecule has 0 aromatic heterocycles. The van der Waals surface area contributed by atoms with E-state index < -0.39 is 5.60 Å². The molecule has 27 heavy (non-hydrogen) atoms. The molecule has 1 aliphatic heterocycles. The molecular weight excluding hydrogens is 342 g/mol. The lowest BCUT2D eigenvalue weighted by Gasteiger charge is -2.25. The second-order valence-corrected chi connectivity index (χ2v) is 7.87. The molecule has 1 aliphatic rings.